The minimum atomic E-state index is -0.746. The number of hydrogen-bond acceptors (Lipinski definition) is 5. The highest BCUT2D eigenvalue weighted by atomic mass is 35.5. The molecule has 7 heteroatoms. The van der Waals surface area contributed by atoms with Gasteiger partial charge < -0.3 is 19.7 Å². The maximum absolute atomic E-state index is 13.1. The average molecular weight is 455 g/mol. The molecule has 0 heterocycles. The highest BCUT2D eigenvalue weighted by Crippen LogP contribution is 2.29. The second-order valence-corrected chi connectivity index (χ2v) is 8.06. The van der Waals surface area contributed by atoms with Crippen molar-refractivity contribution < 1.29 is 24.5 Å². The molecule has 0 aromatic heterocycles. The van der Waals surface area contributed by atoms with Crippen LogP contribution in [0.2, 0.25) is 0 Å². The normalized spacial score (nSPS) is 13.1. The Hall–Kier alpha value is -1.79. The predicted octanol–water partition coefficient (Wildman–Crippen LogP) is 4.11. The zero-order valence-corrected chi connectivity index (χ0v) is 19.2. The van der Waals surface area contributed by atoms with Gasteiger partial charge in [-0.3, -0.25) is 4.79 Å². The molecule has 2 N–H and O–H groups in total. The first-order valence-electron chi connectivity index (χ1n) is 9.68. The molecule has 0 aliphatic carbocycles. The molecule has 2 aromatic rings. The van der Waals surface area contributed by atoms with Crippen LogP contribution in [0.15, 0.2) is 24.3 Å². The van der Waals surface area contributed by atoms with Gasteiger partial charge in [0.2, 0.25) is 0 Å². The lowest BCUT2D eigenvalue weighted by Gasteiger charge is -2.17. The van der Waals surface area contributed by atoms with Gasteiger partial charge in [-0.15, -0.1) is 23.2 Å². The van der Waals surface area contributed by atoms with Crippen molar-refractivity contribution in [2.24, 2.45) is 0 Å². The zero-order chi connectivity index (χ0) is 22.4. The first-order valence-corrected chi connectivity index (χ1v) is 10.8. The molecule has 5 nitrogen and oxygen atoms in total. The summed E-state index contributed by atoms with van der Waals surface area (Å²) in [6.07, 6.45) is -1.49. The highest BCUT2D eigenvalue weighted by Gasteiger charge is 2.17. The third-order valence-electron chi connectivity index (χ3n) is 4.64. The Morgan fingerprint density at radius 2 is 1.07 bits per heavy atom. The van der Waals surface area contributed by atoms with Gasteiger partial charge in [0, 0.05) is 11.1 Å². The number of alkyl halides is 2. The first-order chi connectivity index (χ1) is 14.2. The lowest BCUT2D eigenvalue weighted by molar-refractivity contribution is 0.103. The fraction of sp³-hybridized carbons (Fsp3) is 0.435. The van der Waals surface area contributed by atoms with E-state index in [0.29, 0.717) is 22.6 Å². The molecular weight excluding hydrogens is 427 g/mol. The quantitative estimate of drug-likeness (QED) is 0.417. The molecule has 2 aromatic carbocycles. The number of ketones is 1. The molecular formula is C23H28Cl2O5. The Morgan fingerprint density at radius 3 is 1.33 bits per heavy atom. The Labute approximate surface area is 187 Å². The van der Waals surface area contributed by atoms with Crippen LogP contribution in [0.3, 0.4) is 0 Å². The van der Waals surface area contributed by atoms with E-state index in [9.17, 15) is 15.0 Å². The lowest BCUT2D eigenvalue weighted by atomic mass is 9.96. The Bertz CT molecular complexity index is 780. The van der Waals surface area contributed by atoms with Crippen molar-refractivity contribution in [3.63, 3.8) is 0 Å². The van der Waals surface area contributed by atoms with Crippen LogP contribution < -0.4 is 9.47 Å². The van der Waals surface area contributed by atoms with Gasteiger partial charge in [-0.2, -0.15) is 0 Å². The molecule has 0 aliphatic heterocycles. The van der Waals surface area contributed by atoms with Crippen molar-refractivity contribution in [1.82, 2.24) is 0 Å². The molecule has 2 atom stereocenters. The number of aliphatic hydroxyl groups excluding tert-OH is 2. The molecule has 0 saturated carbocycles. The number of aryl methyl sites for hydroxylation is 4. The standard InChI is InChI=1S/C23H28Cl2O5/c1-13-5-17(6-14(2)22(13)29-11-19(26)9-24)21(28)18-7-15(3)23(16(4)8-18)30-12-20(27)10-25/h5-8,19-20,26-27H,9-12H2,1-4H3. The van der Waals surface area contributed by atoms with Crippen LogP contribution in [-0.4, -0.2) is 53.2 Å². The van der Waals surface area contributed by atoms with Crippen molar-refractivity contribution in [3.8, 4) is 11.5 Å². The number of rotatable bonds is 10. The molecule has 0 bridgehead atoms. The summed E-state index contributed by atoms with van der Waals surface area (Å²) in [5.41, 5.74) is 4.35. The van der Waals surface area contributed by atoms with E-state index in [1.54, 1.807) is 24.3 Å². The second-order valence-electron chi connectivity index (χ2n) is 7.45. The number of halogens is 2. The molecule has 0 radical (unpaired) electrons. The monoisotopic (exact) mass is 454 g/mol. The van der Waals surface area contributed by atoms with E-state index in [-0.39, 0.29) is 30.8 Å². The zero-order valence-electron chi connectivity index (χ0n) is 17.7. The molecule has 164 valence electrons. The van der Waals surface area contributed by atoms with Gasteiger partial charge in [-0.25, -0.2) is 0 Å². The van der Waals surface area contributed by atoms with Gasteiger partial charge in [-0.05, 0) is 74.2 Å². The van der Waals surface area contributed by atoms with Gasteiger partial charge in [0.1, 0.15) is 36.9 Å². The second kappa shape index (κ2) is 11.0. The van der Waals surface area contributed by atoms with Crippen molar-refractivity contribution in [2.75, 3.05) is 25.0 Å². The minimum Gasteiger partial charge on any atom is -0.490 e. The molecule has 2 rings (SSSR count). The van der Waals surface area contributed by atoms with Gasteiger partial charge >= 0.3 is 0 Å². The summed E-state index contributed by atoms with van der Waals surface area (Å²) in [5.74, 6) is 1.37. The van der Waals surface area contributed by atoms with Crippen molar-refractivity contribution in [1.29, 1.82) is 0 Å². The van der Waals surface area contributed by atoms with Crippen LogP contribution in [0, 0.1) is 27.7 Å². The van der Waals surface area contributed by atoms with E-state index in [1.165, 1.54) is 0 Å². The molecule has 0 spiro atoms. The molecule has 2 unspecified atom stereocenters. The number of benzene rings is 2. The van der Waals surface area contributed by atoms with Crippen molar-refractivity contribution >= 4 is 29.0 Å². The molecule has 0 aliphatic rings. The maximum Gasteiger partial charge on any atom is 0.193 e. The van der Waals surface area contributed by atoms with Crippen LogP contribution in [0.5, 0.6) is 11.5 Å². The summed E-state index contributed by atoms with van der Waals surface area (Å²) in [5, 5.41) is 19.2. The summed E-state index contributed by atoms with van der Waals surface area (Å²) < 4.78 is 11.4. The smallest absolute Gasteiger partial charge is 0.193 e. The number of hydrogen-bond donors (Lipinski definition) is 2. The number of aliphatic hydroxyl groups is 2. The third kappa shape index (κ3) is 6.11. The van der Waals surface area contributed by atoms with E-state index < -0.39 is 12.2 Å². The summed E-state index contributed by atoms with van der Waals surface area (Å²) in [7, 11) is 0. The molecule has 0 amide bonds. The SMILES string of the molecule is Cc1cc(C(=O)c2cc(C)c(OCC(O)CCl)c(C)c2)cc(C)c1OCC(O)CCl. The van der Waals surface area contributed by atoms with Crippen LogP contribution >= 0.6 is 23.2 Å². The van der Waals surface area contributed by atoms with Gasteiger partial charge in [0.25, 0.3) is 0 Å². The summed E-state index contributed by atoms with van der Waals surface area (Å²) >= 11 is 11.2. The first kappa shape index (κ1) is 24.5. The van der Waals surface area contributed by atoms with Crippen LogP contribution in [-0.2, 0) is 0 Å². The minimum absolute atomic E-state index is 0.0940. The Balaban J connectivity index is 2.26. The fourth-order valence-corrected chi connectivity index (χ4v) is 3.41. The van der Waals surface area contributed by atoms with Crippen LogP contribution in [0.25, 0.3) is 0 Å². The van der Waals surface area contributed by atoms with E-state index in [4.69, 9.17) is 32.7 Å². The number of ether oxygens (including phenoxy) is 2. The van der Waals surface area contributed by atoms with Crippen LogP contribution in [0.4, 0.5) is 0 Å². The Kier molecular flexibility index (Phi) is 8.98. The number of carbonyl (C=O) groups excluding carboxylic acids is 1. The van der Waals surface area contributed by atoms with E-state index in [1.807, 2.05) is 27.7 Å². The topological polar surface area (TPSA) is 76.0 Å². The third-order valence-corrected chi connectivity index (χ3v) is 5.35. The maximum atomic E-state index is 13.1. The van der Waals surface area contributed by atoms with Crippen LogP contribution in [0.1, 0.15) is 38.2 Å². The fourth-order valence-electron chi connectivity index (χ4n) is 3.23. The van der Waals surface area contributed by atoms with Gasteiger partial charge in [-0.1, -0.05) is 0 Å². The molecule has 0 fully saturated rings. The van der Waals surface area contributed by atoms with Gasteiger partial charge in [0.05, 0.1) is 11.8 Å². The molecule has 0 saturated heterocycles. The van der Waals surface area contributed by atoms with Crippen molar-refractivity contribution in [2.45, 2.75) is 39.9 Å². The van der Waals surface area contributed by atoms with Crippen molar-refractivity contribution in [3.05, 3.63) is 57.6 Å². The Morgan fingerprint density at radius 1 is 0.767 bits per heavy atom. The number of carbonyl (C=O) groups is 1. The van der Waals surface area contributed by atoms with E-state index in [2.05, 4.69) is 0 Å². The highest BCUT2D eigenvalue weighted by molar-refractivity contribution is 6.18. The summed E-state index contributed by atoms with van der Waals surface area (Å²) in [4.78, 5) is 13.1. The van der Waals surface area contributed by atoms with Gasteiger partial charge in [0.15, 0.2) is 5.78 Å². The molecule has 30 heavy (non-hydrogen) atoms. The predicted molar refractivity (Wildman–Crippen MR) is 120 cm³/mol. The lowest BCUT2D eigenvalue weighted by Crippen LogP contribution is -2.20. The van der Waals surface area contributed by atoms with E-state index >= 15 is 0 Å². The largest absolute Gasteiger partial charge is 0.490 e. The summed E-state index contributed by atoms with van der Waals surface area (Å²) in [6.45, 7) is 7.64. The average Bonchev–Trinajstić information content (AvgIpc) is 2.71. The summed E-state index contributed by atoms with van der Waals surface area (Å²) in [6, 6.07) is 7.13. The van der Waals surface area contributed by atoms with E-state index in [0.717, 1.165) is 22.3 Å².